The number of halogens is 3. The summed E-state index contributed by atoms with van der Waals surface area (Å²) in [4.78, 5) is 10.5. The molecule has 0 heterocycles. The molecule has 0 aliphatic rings. The molecule has 0 aromatic carbocycles. The first-order chi connectivity index (χ1) is 4.95. The fourth-order valence-electron chi connectivity index (χ4n) is 0.326. The van der Waals surface area contributed by atoms with Gasteiger partial charge in [-0.05, 0) is 0 Å². The predicted molar refractivity (Wildman–Crippen MR) is 53.0 cm³/mol. The Hall–Kier alpha value is 0.514. The van der Waals surface area contributed by atoms with Gasteiger partial charge in [0.25, 0.3) is 0 Å². The van der Waals surface area contributed by atoms with Gasteiger partial charge in [0.05, 0.1) is 6.23 Å². The van der Waals surface area contributed by atoms with Crippen molar-refractivity contribution in [2.24, 2.45) is 0 Å². The van der Waals surface area contributed by atoms with Crippen LogP contribution < -0.4 is 0 Å². The maximum Gasteiger partial charge on any atom is 0.329 e. The van der Waals surface area contributed by atoms with Crippen molar-refractivity contribution in [2.75, 3.05) is 6.23 Å². The second-order valence-corrected chi connectivity index (χ2v) is 20.1. The summed E-state index contributed by atoms with van der Waals surface area (Å²) in [6.07, 6.45) is 1.38. The Bertz CT molecular complexity index is 156. The van der Waals surface area contributed by atoms with Gasteiger partial charge in [-0.25, -0.2) is 4.79 Å². The zero-order valence-corrected chi connectivity index (χ0v) is 10.3. The molecule has 0 saturated heterocycles. The van der Waals surface area contributed by atoms with Gasteiger partial charge in [-0.1, -0.05) is 6.58 Å². The fourth-order valence-corrected chi connectivity index (χ4v) is 3.94. The normalized spacial score (nSPS) is 11.9. The summed E-state index contributed by atoms with van der Waals surface area (Å²) < 4.78 is 4.65. The smallest absolute Gasteiger partial charge is 0.329 e. The van der Waals surface area contributed by atoms with Gasteiger partial charge in [0.1, 0.15) is 9.04 Å². The van der Waals surface area contributed by atoms with E-state index in [1.54, 1.807) is 0 Å². The number of carbonyl (C=O) groups is 1. The molecule has 0 spiro atoms. The molecule has 0 unspecified atom stereocenters. The number of hydrogen-bond acceptors (Lipinski definition) is 2. The standard InChI is InChI=1S/C4H7Cl3O2Si2/c1-2-4(8)9-3-10-11(5,6)7/h2H,1,3,10H2. The molecule has 0 radical (unpaired) electrons. The lowest BCUT2D eigenvalue weighted by molar-refractivity contribution is -0.135. The van der Waals surface area contributed by atoms with Crippen LogP contribution in [0.15, 0.2) is 12.7 Å². The van der Waals surface area contributed by atoms with E-state index in [1.807, 2.05) is 0 Å². The van der Waals surface area contributed by atoms with Crippen molar-refractivity contribution in [3.63, 3.8) is 0 Å². The van der Waals surface area contributed by atoms with Crippen LogP contribution in [0.3, 0.4) is 0 Å². The molecule has 0 bridgehead atoms. The Morgan fingerprint density at radius 3 is 2.55 bits per heavy atom. The molecule has 0 rings (SSSR count). The number of rotatable bonds is 4. The summed E-state index contributed by atoms with van der Waals surface area (Å²) in [6.45, 7) is 3.23. The molecule has 64 valence electrons. The number of ether oxygens (including phenoxy) is 1. The van der Waals surface area contributed by atoms with Gasteiger partial charge in [0, 0.05) is 6.08 Å². The average Bonchev–Trinajstić information content (AvgIpc) is 1.85. The SMILES string of the molecule is C=CC(=O)OC[SiH2][Si](Cl)(Cl)Cl. The second-order valence-electron chi connectivity index (χ2n) is 1.74. The van der Waals surface area contributed by atoms with E-state index in [4.69, 9.17) is 33.2 Å². The Morgan fingerprint density at radius 1 is 1.64 bits per heavy atom. The van der Waals surface area contributed by atoms with Crippen molar-refractivity contribution >= 4 is 53.8 Å². The highest BCUT2D eigenvalue weighted by Crippen LogP contribution is 2.17. The zero-order chi connectivity index (χ0) is 8.91. The van der Waals surface area contributed by atoms with Crippen molar-refractivity contribution in [2.45, 2.75) is 0 Å². The molecule has 0 amide bonds. The Labute approximate surface area is 82.2 Å². The summed E-state index contributed by atoms with van der Waals surface area (Å²) >= 11 is 16.7. The van der Waals surface area contributed by atoms with E-state index < -0.39 is 20.5 Å². The van der Waals surface area contributed by atoms with Crippen LogP contribution in [-0.4, -0.2) is 26.8 Å². The molecule has 0 N–H and O–H groups in total. The van der Waals surface area contributed by atoms with Crippen molar-refractivity contribution in [1.82, 2.24) is 0 Å². The van der Waals surface area contributed by atoms with Crippen molar-refractivity contribution in [3.05, 3.63) is 12.7 Å². The number of esters is 1. The van der Waals surface area contributed by atoms with Crippen LogP contribution in [0.1, 0.15) is 0 Å². The molecule has 0 aliphatic carbocycles. The number of carbonyl (C=O) groups excluding carboxylic acids is 1. The highest BCUT2D eigenvalue weighted by molar-refractivity contribution is 7.82. The van der Waals surface area contributed by atoms with E-state index >= 15 is 0 Å². The monoisotopic (exact) mass is 248 g/mol. The summed E-state index contributed by atoms with van der Waals surface area (Å²) in [5.74, 6) is -0.458. The van der Waals surface area contributed by atoms with E-state index in [0.29, 0.717) is 0 Å². The molecule has 0 aromatic heterocycles. The third kappa shape index (κ3) is 8.42. The van der Waals surface area contributed by atoms with Crippen molar-refractivity contribution in [3.8, 4) is 0 Å². The van der Waals surface area contributed by atoms with E-state index in [9.17, 15) is 4.79 Å². The van der Waals surface area contributed by atoms with Gasteiger partial charge in [-0.2, -0.15) is 0 Å². The lowest BCUT2D eigenvalue weighted by Gasteiger charge is -2.05. The summed E-state index contributed by atoms with van der Waals surface area (Å²) in [5, 5.41) is 0. The highest BCUT2D eigenvalue weighted by Gasteiger charge is 2.25. The minimum Gasteiger partial charge on any atom is -0.467 e. The maximum absolute atomic E-state index is 10.5. The Kier molecular flexibility index (Phi) is 5.45. The molecule has 0 atom stereocenters. The van der Waals surface area contributed by atoms with Gasteiger partial charge in [0.15, 0.2) is 0 Å². The second kappa shape index (κ2) is 5.21. The molecule has 0 fully saturated rings. The van der Waals surface area contributed by atoms with Crippen molar-refractivity contribution < 1.29 is 9.53 Å². The Balaban J connectivity index is 3.42. The van der Waals surface area contributed by atoms with Crippen LogP contribution in [0.2, 0.25) is 0 Å². The third-order valence-corrected chi connectivity index (χ3v) is 9.19. The van der Waals surface area contributed by atoms with E-state index in [1.165, 1.54) is 0 Å². The molecule has 7 heteroatoms. The van der Waals surface area contributed by atoms with Gasteiger partial charge in [0.2, 0.25) is 0 Å². The first kappa shape index (κ1) is 11.5. The van der Waals surface area contributed by atoms with E-state index in [2.05, 4.69) is 11.3 Å². The lowest BCUT2D eigenvalue weighted by Crippen LogP contribution is -2.26. The largest absolute Gasteiger partial charge is 0.467 e. The van der Waals surface area contributed by atoms with Gasteiger partial charge < -0.3 is 4.74 Å². The minimum absolute atomic E-state index is 0.285. The van der Waals surface area contributed by atoms with Gasteiger partial charge in [-0.15, -0.1) is 33.2 Å². The van der Waals surface area contributed by atoms with E-state index in [0.717, 1.165) is 6.08 Å². The molecule has 11 heavy (non-hydrogen) atoms. The molecular formula is C4H7Cl3O2Si2. The van der Waals surface area contributed by atoms with Crippen LogP contribution in [-0.2, 0) is 9.53 Å². The van der Waals surface area contributed by atoms with Crippen LogP contribution in [0.5, 0.6) is 0 Å². The van der Waals surface area contributed by atoms with E-state index in [-0.39, 0.29) is 6.23 Å². The van der Waals surface area contributed by atoms with Crippen LogP contribution >= 0.6 is 33.2 Å². The zero-order valence-electron chi connectivity index (χ0n) is 5.65. The van der Waals surface area contributed by atoms with Crippen LogP contribution in [0.25, 0.3) is 0 Å². The lowest BCUT2D eigenvalue weighted by atomic mass is 10.7. The topological polar surface area (TPSA) is 26.3 Å². The highest BCUT2D eigenvalue weighted by atomic mass is 35.8. The van der Waals surface area contributed by atoms with Crippen LogP contribution in [0.4, 0.5) is 0 Å². The fraction of sp³-hybridized carbons (Fsp3) is 0.250. The molecule has 0 saturated carbocycles. The predicted octanol–water partition coefficient (Wildman–Crippen LogP) is 0.994. The minimum atomic E-state index is -2.49. The first-order valence-corrected chi connectivity index (χ1v) is 11.2. The molecule has 2 nitrogen and oxygen atoms in total. The summed E-state index contributed by atoms with van der Waals surface area (Å²) in [6, 6.07) is 0. The first-order valence-electron chi connectivity index (χ1n) is 2.81. The number of hydrogen-bond donors (Lipinski definition) is 0. The maximum atomic E-state index is 10.5. The molecule has 0 aliphatic heterocycles. The van der Waals surface area contributed by atoms with Crippen LogP contribution in [0, 0.1) is 0 Å². The van der Waals surface area contributed by atoms with Gasteiger partial charge >= 0.3 is 11.5 Å². The third-order valence-electron chi connectivity index (χ3n) is 0.797. The quantitative estimate of drug-likeness (QED) is 0.322. The summed E-state index contributed by atoms with van der Waals surface area (Å²) in [7, 11) is -0.858. The Morgan fingerprint density at radius 2 is 2.18 bits per heavy atom. The summed E-state index contributed by atoms with van der Waals surface area (Å²) in [5.41, 5.74) is -2.49. The molecule has 0 aromatic rings. The molecular weight excluding hydrogens is 243 g/mol. The van der Waals surface area contributed by atoms with Crippen molar-refractivity contribution in [1.29, 1.82) is 0 Å². The average molecular weight is 250 g/mol. The van der Waals surface area contributed by atoms with Gasteiger partial charge in [-0.3, -0.25) is 0 Å².